The van der Waals surface area contributed by atoms with Crippen LogP contribution in [0.1, 0.15) is 5.56 Å². The molecule has 0 aromatic heterocycles. The van der Waals surface area contributed by atoms with Crippen molar-refractivity contribution in [2.45, 2.75) is 6.42 Å². The zero-order valence-electron chi connectivity index (χ0n) is 8.04. The summed E-state index contributed by atoms with van der Waals surface area (Å²) in [7, 11) is 3.66. The Balaban J connectivity index is 0.00000144. The van der Waals surface area contributed by atoms with Crippen molar-refractivity contribution in [3.05, 3.63) is 29.8 Å². The van der Waals surface area contributed by atoms with E-state index >= 15 is 0 Å². The third-order valence-electron chi connectivity index (χ3n) is 1.84. The minimum absolute atomic E-state index is 0. The van der Waals surface area contributed by atoms with Gasteiger partial charge in [0.05, 0.1) is 7.11 Å². The van der Waals surface area contributed by atoms with Gasteiger partial charge in [-0.15, -0.1) is 12.4 Å². The van der Waals surface area contributed by atoms with Crippen LogP contribution in [0.2, 0.25) is 0 Å². The summed E-state index contributed by atoms with van der Waals surface area (Å²) in [5, 5.41) is 3.11. The fourth-order valence-corrected chi connectivity index (χ4v) is 1.17. The number of likely N-dealkylation sites (N-methyl/N-ethyl adjacent to an activating group) is 1. The summed E-state index contributed by atoms with van der Waals surface area (Å²) in [6, 6.07) is 8.11. The number of nitrogens with one attached hydrogen (secondary N) is 1. The average molecular weight is 202 g/mol. The van der Waals surface area contributed by atoms with E-state index in [0.29, 0.717) is 0 Å². The smallest absolute Gasteiger partial charge is 0.122 e. The summed E-state index contributed by atoms with van der Waals surface area (Å²) < 4.78 is 5.21. The van der Waals surface area contributed by atoms with Crippen LogP contribution >= 0.6 is 12.4 Å². The summed E-state index contributed by atoms with van der Waals surface area (Å²) in [5.41, 5.74) is 1.26. The van der Waals surface area contributed by atoms with Gasteiger partial charge in [0.15, 0.2) is 0 Å². The normalized spacial score (nSPS) is 9.08. The van der Waals surface area contributed by atoms with Crippen molar-refractivity contribution in [1.82, 2.24) is 5.32 Å². The summed E-state index contributed by atoms with van der Waals surface area (Å²) >= 11 is 0. The number of halogens is 1. The van der Waals surface area contributed by atoms with E-state index in [1.54, 1.807) is 7.11 Å². The molecular formula is C10H16ClNO. The fourth-order valence-electron chi connectivity index (χ4n) is 1.17. The number of rotatable bonds is 4. The van der Waals surface area contributed by atoms with Crippen LogP contribution < -0.4 is 10.1 Å². The molecule has 0 aliphatic heterocycles. The second kappa shape index (κ2) is 6.75. The molecule has 0 unspecified atom stereocenters. The van der Waals surface area contributed by atoms with Gasteiger partial charge in [-0.2, -0.15) is 0 Å². The molecule has 1 aromatic rings. The lowest BCUT2D eigenvalue weighted by atomic mass is 10.1. The van der Waals surface area contributed by atoms with Gasteiger partial charge in [0.1, 0.15) is 5.75 Å². The number of hydrogen-bond donors (Lipinski definition) is 1. The first-order chi connectivity index (χ1) is 5.88. The summed E-state index contributed by atoms with van der Waals surface area (Å²) in [4.78, 5) is 0. The molecule has 13 heavy (non-hydrogen) atoms. The van der Waals surface area contributed by atoms with E-state index in [-0.39, 0.29) is 12.4 Å². The van der Waals surface area contributed by atoms with Crippen LogP contribution in [0.15, 0.2) is 24.3 Å². The van der Waals surface area contributed by atoms with Crippen molar-refractivity contribution in [3.8, 4) is 5.75 Å². The highest BCUT2D eigenvalue weighted by Crippen LogP contribution is 2.16. The van der Waals surface area contributed by atoms with Gasteiger partial charge in [-0.1, -0.05) is 18.2 Å². The van der Waals surface area contributed by atoms with Crippen LogP contribution in [0.25, 0.3) is 0 Å². The Hall–Kier alpha value is -0.730. The maximum atomic E-state index is 5.21. The number of ether oxygens (including phenoxy) is 1. The van der Waals surface area contributed by atoms with Crippen molar-refractivity contribution in [2.24, 2.45) is 0 Å². The topological polar surface area (TPSA) is 21.3 Å². The monoisotopic (exact) mass is 201 g/mol. The summed E-state index contributed by atoms with van der Waals surface area (Å²) in [5.74, 6) is 0.979. The van der Waals surface area contributed by atoms with E-state index < -0.39 is 0 Å². The molecule has 0 spiro atoms. The molecule has 74 valence electrons. The summed E-state index contributed by atoms with van der Waals surface area (Å²) in [6.07, 6.45) is 1.01. The highest BCUT2D eigenvalue weighted by Gasteiger charge is 1.98. The Morgan fingerprint density at radius 2 is 2.00 bits per heavy atom. The average Bonchev–Trinajstić information content (AvgIpc) is 2.15. The van der Waals surface area contributed by atoms with Gasteiger partial charge in [-0.05, 0) is 31.6 Å². The van der Waals surface area contributed by atoms with Gasteiger partial charge in [0.25, 0.3) is 0 Å². The predicted molar refractivity (Wildman–Crippen MR) is 57.9 cm³/mol. The molecule has 0 fully saturated rings. The first-order valence-corrected chi connectivity index (χ1v) is 4.15. The molecule has 0 aliphatic rings. The molecule has 0 atom stereocenters. The van der Waals surface area contributed by atoms with Crippen LogP contribution in [0.5, 0.6) is 5.75 Å². The third-order valence-corrected chi connectivity index (χ3v) is 1.84. The maximum Gasteiger partial charge on any atom is 0.122 e. The van der Waals surface area contributed by atoms with Gasteiger partial charge in [-0.3, -0.25) is 0 Å². The van der Waals surface area contributed by atoms with Crippen LogP contribution in [-0.2, 0) is 6.42 Å². The van der Waals surface area contributed by atoms with Crippen molar-refractivity contribution in [1.29, 1.82) is 0 Å². The quantitative estimate of drug-likeness (QED) is 0.804. The van der Waals surface area contributed by atoms with Crippen LogP contribution in [0.3, 0.4) is 0 Å². The standard InChI is InChI=1S/C10H15NO.ClH/c1-11-8-7-9-5-3-4-6-10(9)12-2;/h3-6,11H,7-8H2,1-2H3;1H. The lowest BCUT2D eigenvalue weighted by Gasteiger charge is -2.06. The van der Waals surface area contributed by atoms with E-state index in [0.717, 1.165) is 18.7 Å². The Morgan fingerprint density at radius 1 is 1.31 bits per heavy atom. The fraction of sp³-hybridized carbons (Fsp3) is 0.400. The van der Waals surface area contributed by atoms with E-state index in [1.807, 2.05) is 25.2 Å². The SMILES string of the molecule is CNCCc1ccccc1OC.Cl. The van der Waals surface area contributed by atoms with Crippen molar-refractivity contribution >= 4 is 12.4 Å². The van der Waals surface area contributed by atoms with Crippen LogP contribution in [0.4, 0.5) is 0 Å². The molecule has 3 heteroatoms. The molecule has 2 nitrogen and oxygen atoms in total. The number of hydrogen-bond acceptors (Lipinski definition) is 2. The highest BCUT2D eigenvalue weighted by molar-refractivity contribution is 5.85. The Morgan fingerprint density at radius 3 is 2.62 bits per heavy atom. The van der Waals surface area contributed by atoms with Gasteiger partial charge in [-0.25, -0.2) is 0 Å². The molecular weight excluding hydrogens is 186 g/mol. The molecule has 1 rings (SSSR count). The molecule has 0 aliphatic carbocycles. The minimum atomic E-state index is 0. The largest absolute Gasteiger partial charge is 0.496 e. The predicted octanol–water partition coefficient (Wildman–Crippen LogP) is 1.88. The molecule has 1 aromatic carbocycles. The van der Waals surface area contributed by atoms with Crippen molar-refractivity contribution in [2.75, 3.05) is 20.7 Å². The van der Waals surface area contributed by atoms with Gasteiger partial charge >= 0.3 is 0 Å². The number of benzene rings is 1. The third kappa shape index (κ3) is 3.66. The van der Waals surface area contributed by atoms with Gasteiger partial charge in [0.2, 0.25) is 0 Å². The second-order valence-corrected chi connectivity index (χ2v) is 2.67. The number of methoxy groups -OCH3 is 1. The molecule has 0 amide bonds. The summed E-state index contributed by atoms with van der Waals surface area (Å²) in [6.45, 7) is 0.986. The van der Waals surface area contributed by atoms with Crippen LogP contribution in [0, 0.1) is 0 Å². The zero-order valence-corrected chi connectivity index (χ0v) is 8.86. The number of para-hydroxylation sites is 1. The Kier molecular flexibility index (Phi) is 6.37. The molecule has 1 N–H and O–H groups in total. The van der Waals surface area contributed by atoms with E-state index in [4.69, 9.17) is 4.74 Å². The molecule has 0 saturated heterocycles. The zero-order chi connectivity index (χ0) is 8.81. The molecule has 0 saturated carbocycles. The Labute approximate surface area is 85.7 Å². The first kappa shape index (κ1) is 12.3. The van der Waals surface area contributed by atoms with E-state index in [2.05, 4.69) is 11.4 Å². The first-order valence-electron chi connectivity index (χ1n) is 4.15. The molecule has 0 bridgehead atoms. The van der Waals surface area contributed by atoms with Gasteiger partial charge < -0.3 is 10.1 Å². The van der Waals surface area contributed by atoms with Gasteiger partial charge in [0, 0.05) is 0 Å². The van der Waals surface area contributed by atoms with Crippen LogP contribution in [-0.4, -0.2) is 20.7 Å². The molecule has 0 radical (unpaired) electrons. The van der Waals surface area contributed by atoms with Crippen molar-refractivity contribution in [3.63, 3.8) is 0 Å². The van der Waals surface area contributed by atoms with E-state index in [9.17, 15) is 0 Å². The highest BCUT2D eigenvalue weighted by atomic mass is 35.5. The Bertz CT molecular complexity index is 240. The molecule has 0 heterocycles. The lowest BCUT2D eigenvalue weighted by Crippen LogP contribution is -2.10. The minimum Gasteiger partial charge on any atom is -0.496 e. The van der Waals surface area contributed by atoms with E-state index in [1.165, 1.54) is 5.56 Å². The van der Waals surface area contributed by atoms with Crippen molar-refractivity contribution < 1.29 is 4.74 Å². The maximum absolute atomic E-state index is 5.21. The lowest BCUT2D eigenvalue weighted by molar-refractivity contribution is 0.409. The second-order valence-electron chi connectivity index (χ2n) is 2.67.